The van der Waals surface area contributed by atoms with Crippen LogP contribution in [0, 0.1) is 0 Å². The van der Waals surface area contributed by atoms with Crippen molar-refractivity contribution in [3.05, 3.63) is 95.7 Å². The van der Waals surface area contributed by atoms with Gasteiger partial charge in [-0.05, 0) is 35.2 Å². The Balaban J connectivity index is 1.92. The zero-order chi connectivity index (χ0) is 18.2. The van der Waals surface area contributed by atoms with Crippen LogP contribution in [0.3, 0.4) is 0 Å². The van der Waals surface area contributed by atoms with Crippen molar-refractivity contribution < 1.29 is 4.79 Å². The van der Waals surface area contributed by atoms with Crippen LogP contribution in [0.2, 0.25) is 0 Å². The standard InChI is InChI=1S/C23H24N2O/c1-2-3-14-22(26)25-21-17-20(15-16-24-21)23(18-10-6-4-7-11-18)19-12-8-5-9-13-19/h4-13,15-17,23H,2-3,14H2,1H3,(H,24,25,26). The van der Waals surface area contributed by atoms with Crippen LogP contribution in [0.4, 0.5) is 5.82 Å². The van der Waals surface area contributed by atoms with Gasteiger partial charge < -0.3 is 5.32 Å². The van der Waals surface area contributed by atoms with Crippen LogP contribution < -0.4 is 5.32 Å². The fraction of sp³-hybridized carbons (Fsp3) is 0.217. The molecule has 1 amide bonds. The minimum absolute atomic E-state index is 0.0208. The van der Waals surface area contributed by atoms with E-state index in [9.17, 15) is 4.79 Å². The van der Waals surface area contributed by atoms with E-state index in [2.05, 4.69) is 65.8 Å². The molecule has 0 aliphatic heterocycles. The molecular formula is C23H24N2O. The van der Waals surface area contributed by atoms with Gasteiger partial charge in [-0.3, -0.25) is 4.79 Å². The predicted molar refractivity (Wildman–Crippen MR) is 106 cm³/mol. The number of aromatic nitrogens is 1. The number of pyridine rings is 1. The zero-order valence-electron chi connectivity index (χ0n) is 15.1. The van der Waals surface area contributed by atoms with Crippen molar-refractivity contribution in [2.45, 2.75) is 32.1 Å². The fourth-order valence-corrected chi connectivity index (χ4v) is 3.11. The summed E-state index contributed by atoms with van der Waals surface area (Å²) in [6.45, 7) is 2.08. The fourth-order valence-electron chi connectivity index (χ4n) is 3.11. The van der Waals surface area contributed by atoms with Gasteiger partial charge in [0.05, 0.1) is 0 Å². The first kappa shape index (κ1) is 17.9. The topological polar surface area (TPSA) is 42.0 Å². The maximum Gasteiger partial charge on any atom is 0.225 e. The minimum atomic E-state index is 0.0208. The second kappa shape index (κ2) is 8.95. The molecule has 2 aromatic carbocycles. The zero-order valence-corrected chi connectivity index (χ0v) is 15.1. The van der Waals surface area contributed by atoms with Crippen LogP contribution in [0.15, 0.2) is 79.0 Å². The Morgan fingerprint density at radius 1 is 0.923 bits per heavy atom. The molecule has 0 bridgehead atoms. The first-order valence-corrected chi connectivity index (χ1v) is 9.13. The van der Waals surface area contributed by atoms with Gasteiger partial charge in [-0.25, -0.2) is 4.98 Å². The van der Waals surface area contributed by atoms with Crippen molar-refractivity contribution >= 4 is 11.7 Å². The Bertz CT molecular complexity index is 792. The van der Waals surface area contributed by atoms with E-state index in [4.69, 9.17) is 0 Å². The SMILES string of the molecule is CCCCC(=O)Nc1cc(C(c2ccccc2)c2ccccc2)ccn1. The lowest BCUT2D eigenvalue weighted by Crippen LogP contribution is -2.13. The molecule has 0 aliphatic rings. The number of amides is 1. The molecule has 0 atom stereocenters. The van der Waals surface area contributed by atoms with Gasteiger partial charge in [0.2, 0.25) is 5.91 Å². The summed E-state index contributed by atoms with van der Waals surface area (Å²) in [5, 5.41) is 2.92. The van der Waals surface area contributed by atoms with Gasteiger partial charge in [-0.2, -0.15) is 0 Å². The molecule has 1 N–H and O–H groups in total. The summed E-state index contributed by atoms with van der Waals surface area (Å²) in [6, 6.07) is 24.8. The smallest absolute Gasteiger partial charge is 0.225 e. The highest BCUT2D eigenvalue weighted by atomic mass is 16.1. The monoisotopic (exact) mass is 344 g/mol. The Labute approximate surface area is 155 Å². The van der Waals surface area contributed by atoms with E-state index in [-0.39, 0.29) is 11.8 Å². The maximum atomic E-state index is 12.0. The molecule has 1 aromatic heterocycles. The molecule has 0 spiro atoms. The van der Waals surface area contributed by atoms with Gasteiger partial charge in [0, 0.05) is 18.5 Å². The third-order valence-corrected chi connectivity index (χ3v) is 4.41. The molecular weight excluding hydrogens is 320 g/mol. The summed E-state index contributed by atoms with van der Waals surface area (Å²) in [4.78, 5) is 16.4. The normalized spacial score (nSPS) is 10.7. The van der Waals surface area contributed by atoms with Crippen molar-refractivity contribution in [2.75, 3.05) is 5.32 Å². The lowest BCUT2D eigenvalue weighted by Gasteiger charge is -2.19. The van der Waals surface area contributed by atoms with Crippen LogP contribution >= 0.6 is 0 Å². The molecule has 0 saturated carbocycles. The second-order valence-electron chi connectivity index (χ2n) is 6.38. The van der Waals surface area contributed by atoms with E-state index in [0.29, 0.717) is 12.2 Å². The molecule has 26 heavy (non-hydrogen) atoms. The van der Waals surface area contributed by atoms with Gasteiger partial charge in [0.1, 0.15) is 5.82 Å². The molecule has 0 aliphatic carbocycles. The van der Waals surface area contributed by atoms with Crippen LogP contribution in [0.5, 0.6) is 0 Å². The molecule has 3 nitrogen and oxygen atoms in total. The van der Waals surface area contributed by atoms with E-state index in [1.165, 1.54) is 11.1 Å². The van der Waals surface area contributed by atoms with Crippen LogP contribution in [-0.2, 0) is 4.79 Å². The van der Waals surface area contributed by atoms with Gasteiger partial charge in [-0.15, -0.1) is 0 Å². The van der Waals surface area contributed by atoms with Crippen LogP contribution in [0.25, 0.3) is 0 Å². The van der Waals surface area contributed by atoms with Gasteiger partial charge >= 0.3 is 0 Å². The lowest BCUT2D eigenvalue weighted by molar-refractivity contribution is -0.116. The number of carbonyl (C=O) groups is 1. The number of benzene rings is 2. The van der Waals surface area contributed by atoms with Crippen molar-refractivity contribution in [1.82, 2.24) is 4.98 Å². The van der Waals surface area contributed by atoms with Gasteiger partial charge in [-0.1, -0.05) is 74.0 Å². The maximum absolute atomic E-state index is 12.0. The molecule has 132 valence electrons. The average molecular weight is 344 g/mol. The Morgan fingerprint density at radius 3 is 2.12 bits per heavy atom. The van der Waals surface area contributed by atoms with Crippen molar-refractivity contribution in [3.8, 4) is 0 Å². The minimum Gasteiger partial charge on any atom is -0.311 e. The predicted octanol–water partition coefficient (Wildman–Crippen LogP) is 5.39. The first-order valence-electron chi connectivity index (χ1n) is 9.13. The summed E-state index contributed by atoms with van der Waals surface area (Å²) < 4.78 is 0. The third-order valence-electron chi connectivity index (χ3n) is 4.41. The molecule has 0 saturated heterocycles. The molecule has 1 heterocycles. The lowest BCUT2D eigenvalue weighted by atomic mass is 9.85. The number of nitrogens with one attached hydrogen (secondary N) is 1. The second-order valence-corrected chi connectivity index (χ2v) is 6.38. The number of nitrogens with zero attached hydrogens (tertiary/aromatic N) is 1. The summed E-state index contributed by atoms with van der Waals surface area (Å²) in [5.41, 5.74) is 3.55. The number of unbranched alkanes of at least 4 members (excludes halogenated alkanes) is 1. The van der Waals surface area contributed by atoms with Crippen LogP contribution in [0.1, 0.15) is 48.8 Å². The molecule has 3 aromatic rings. The number of rotatable bonds is 7. The Hall–Kier alpha value is -2.94. The quantitative estimate of drug-likeness (QED) is 0.624. The highest BCUT2D eigenvalue weighted by Gasteiger charge is 2.17. The van der Waals surface area contributed by atoms with E-state index < -0.39 is 0 Å². The molecule has 0 fully saturated rings. The molecule has 3 rings (SSSR count). The summed E-state index contributed by atoms with van der Waals surface area (Å²) in [7, 11) is 0. The number of hydrogen-bond acceptors (Lipinski definition) is 2. The van der Waals surface area contributed by atoms with E-state index in [0.717, 1.165) is 18.4 Å². The van der Waals surface area contributed by atoms with Gasteiger partial charge in [0.25, 0.3) is 0 Å². The van der Waals surface area contributed by atoms with E-state index >= 15 is 0 Å². The van der Waals surface area contributed by atoms with Crippen molar-refractivity contribution in [2.24, 2.45) is 0 Å². The summed E-state index contributed by atoms with van der Waals surface area (Å²) in [5.74, 6) is 0.736. The summed E-state index contributed by atoms with van der Waals surface area (Å²) in [6.07, 6.45) is 4.19. The first-order chi connectivity index (χ1) is 12.8. The highest BCUT2D eigenvalue weighted by molar-refractivity contribution is 5.89. The Kier molecular flexibility index (Phi) is 6.15. The Morgan fingerprint density at radius 2 is 1.54 bits per heavy atom. The largest absolute Gasteiger partial charge is 0.311 e. The molecule has 3 heteroatoms. The van der Waals surface area contributed by atoms with Gasteiger partial charge in [0.15, 0.2) is 0 Å². The molecule has 0 radical (unpaired) electrons. The number of anilines is 1. The van der Waals surface area contributed by atoms with E-state index in [1.807, 2.05) is 24.3 Å². The van der Waals surface area contributed by atoms with Crippen molar-refractivity contribution in [3.63, 3.8) is 0 Å². The van der Waals surface area contributed by atoms with Crippen LogP contribution in [-0.4, -0.2) is 10.9 Å². The number of carbonyl (C=O) groups excluding carboxylic acids is 1. The van der Waals surface area contributed by atoms with Crippen molar-refractivity contribution in [1.29, 1.82) is 0 Å². The molecule has 0 unspecified atom stereocenters. The highest BCUT2D eigenvalue weighted by Crippen LogP contribution is 2.32. The average Bonchev–Trinajstić information content (AvgIpc) is 2.69. The van der Waals surface area contributed by atoms with E-state index in [1.54, 1.807) is 6.20 Å². The third kappa shape index (κ3) is 4.57. The summed E-state index contributed by atoms with van der Waals surface area (Å²) >= 11 is 0. The number of hydrogen-bond donors (Lipinski definition) is 1.